The molecule has 2 nitrogen and oxygen atoms in total. The van der Waals surface area contributed by atoms with E-state index in [1.165, 1.54) is 83.1 Å². The lowest BCUT2D eigenvalue weighted by Gasteiger charge is -2.29. The highest BCUT2D eigenvalue weighted by molar-refractivity contribution is 6.10. The van der Waals surface area contributed by atoms with Crippen LogP contribution in [0.1, 0.15) is 31.4 Å². The summed E-state index contributed by atoms with van der Waals surface area (Å²) in [6, 6.07) is 71.0. The fraction of sp³-hybridized carbons (Fsp3) is 0.0714. The quantitative estimate of drug-likeness (QED) is 0.158. The fourth-order valence-electron chi connectivity index (χ4n) is 9.48. The van der Waals surface area contributed by atoms with Crippen LogP contribution in [0.25, 0.3) is 66.4 Å². The Morgan fingerprint density at radius 3 is 1.62 bits per heavy atom. The van der Waals surface area contributed by atoms with Gasteiger partial charge in [-0.25, -0.2) is 0 Å². The molecule has 0 spiro atoms. The van der Waals surface area contributed by atoms with Crippen LogP contribution < -0.4 is 4.90 Å². The molecule has 1 aromatic heterocycles. The number of fused-ring (bicyclic) bond motifs is 5. The van der Waals surface area contributed by atoms with E-state index in [4.69, 9.17) is 0 Å². The summed E-state index contributed by atoms with van der Waals surface area (Å²) in [6.45, 7) is 4.77. The SMILES string of the molecule is CC1(C)C2=C(C=CC2)c2ccc(N(c3ccc(-c4ccccc4)cc3)c3ccc(-c4ccc5c(c4)c4ccccc4n5-c4ccc(-c5ccccc5)cc4)cc3)cc21. The molecule has 2 aliphatic carbocycles. The van der Waals surface area contributed by atoms with E-state index in [1.54, 1.807) is 0 Å². The number of para-hydroxylation sites is 1. The molecule has 11 rings (SSSR count). The Morgan fingerprint density at radius 2 is 0.966 bits per heavy atom. The van der Waals surface area contributed by atoms with Gasteiger partial charge in [0.05, 0.1) is 11.0 Å². The summed E-state index contributed by atoms with van der Waals surface area (Å²) in [5, 5.41) is 2.50. The highest BCUT2D eigenvalue weighted by atomic mass is 15.1. The summed E-state index contributed by atoms with van der Waals surface area (Å²) in [4.78, 5) is 2.41. The minimum atomic E-state index is -0.00967. The Labute approximate surface area is 340 Å². The lowest BCUT2D eigenvalue weighted by molar-refractivity contribution is 0.627. The lowest BCUT2D eigenvalue weighted by Crippen LogP contribution is -2.18. The lowest BCUT2D eigenvalue weighted by atomic mass is 9.80. The van der Waals surface area contributed by atoms with Gasteiger partial charge in [0.1, 0.15) is 0 Å². The van der Waals surface area contributed by atoms with Gasteiger partial charge in [-0.05, 0) is 129 Å². The van der Waals surface area contributed by atoms with Crippen molar-refractivity contribution in [2.24, 2.45) is 0 Å². The molecule has 0 aliphatic heterocycles. The second-order valence-electron chi connectivity index (χ2n) is 16.1. The van der Waals surface area contributed by atoms with Crippen LogP contribution >= 0.6 is 0 Å². The van der Waals surface area contributed by atoms with Crippen LogP contribution in [0.2, 0.25) is 0 Å². The standard InChI is InChI=1S/C56H42N2/c1-56(2)52-18-11-17-48(52)49-34-33-47(37-53(49)56)57(44-27-20-40(21-28-44)38-12-5-3-6-13-38)45-29-24-42(25-30-45)43-26-35-55-51(36-43)50-16-9-10-19-54(50)58(55)46-31-22-41(23-32-46)39-14-7-4-8-15-39/h3-17,19-37H,18H2,1-2H3. The number of allylic oxidation sites excluding steroid dienone is 4. The van der Waals surface area contributed by atoms with E-state index in [1.807, 2.05) is 0 Å². The molecule has 0 N–H and O–H groups in total. The van der Waals surface area contributed by atoms with Gasteiger partial charge in [0, 0.05) is 38.9 Å². The molecule has 0 saturated carbocycles. The van der Waals surface area contributed by atoms with Gasteiger partial charge in [0.15, 0.2) is 0 Å². The second kappa shape index (κ2) is 13.5. The molecule has 0 atom stereocenters. The van der Waals surface area contributed by atoms with E-state index >= 15 is 0 Å². The monoisotopic (exact) mass is 742 g/mol. The average molecular weight is 743 g/mol. The first-order valence-corrected chi connectivity index (χ1v) is 20.3. The van der Waals surface area contributed by atoms with Crippen LogP contribution in [0.15, 0.2) is 212 Å². The Hall–Kier alpha value is -7.16. The Morgan fingerprint density at radius 1 is 0.448 bits per heavy atom. The molecule has 58 heavy (non-hydrogen) atoms. The third-order valence-corrected chi connectivity index (χ3v) is 12.5. The van der Waals surface area contributed by atoms with Gasteiger partial charge in [-0.1, -0.05) is 153 Å². The van der Waals surface area contributed by atoms with Gasteiger partial charge in [0.2, 0.25) is 0 Å². The molecule has 8 aromatic carbocycles. The fourth-order valence-corrected chi connectivity index (χ4v) is 9.48. The summed E-state index contributed by atoms with van der Waals surface area (Å²) in [7, 11) is 0. The first-order valence-electron chi connectivity index (χ1n) is 20.3. The van der Waals surface area contributed by atoms with Gasteiger partial charge < -0.3 is 9.47 Å². The Balaban J connectivity index is 0.973. The minimum Gasteiger partial charge on any atom is -0.310 e. The number of hydrogen-bond acceptors (Lipinski definition) is 1. The van der Waals surface area contributed by atoms with Crippen molar-refractivity contribution < 1.29 is 0 Å². The minimum absolute atomic E-state index is 0.00967. The van der Waals surface area contributed by atoms with E-state index in [9.17, 15) is 0 Å². The van der Waals surface area contributed by atoms with Crippen LogP contribution in [0.3, 0.4) is 0 Å². The highest BCUT2D eigenvalue weighted by Gasteiger charge is 2.38. The number of nitrogens with zero attached hydrogens (tertiary/aromatic N) is 2. The van der Waals surface area contributed by atoms with Gasteiger partial charge in [0.25, 0.3) is 0 Å². The van der Waals surface area contributed by atoms with Gasteiger partial charge in [-0.2, -0.15) is 0 Å². The molecule has 0 bridgehead atoms. The highest BCUT2D eigenvalue weighted by Crippen LogP contribution is 2.52. The molecule has 0 saturated heterocycles. The van der Waals surface area contributed by atoms with Gasteiger partial charge in [-0.15, -0.1) is 0 Å². The molecule has 0 radical (unpaired) electrons. The maximum atomic E-state index is 2.43. The van der Waals surface area contributed by atoms with Crippen molar-refractivity contribution >= 4 is 44.4 Å². The van der Waals surface area contributed by atoms with E-state index in [0.717, 1.165) is 23.5 Å². The molecular formula is C56H42N2. The number of benzene rings is 8. The number of rotatable bonds is 7. The molecule has 0 amide bonds. The van der Waals surface area contributed by atoms with Crippen molar-refractivity contribution in [3.05, 3.63) is 223 Å². The largest absolute Gasteiger partial charge is 0.310 e. The zero-order valence-electron chi connectivity index (χ0n) is 32.7. The second-order valence-corrected chi connectivity index (χ2v) is 16.1. The molecule has 9 aromatic rings. The summed E-state index contributed by atoms with van der Waals surface area (Å²) < 4.78 is 2.39. The molecule has 2 aliphatic rings. The predicted molar refractivity (Wildman–Crippen MR) is 245 cm³/mol. The number of hydrogen-bond donors (Lipinski definition) is 0. The third kappa shape index (κ3) is 5.56. The van der Waals surface area contributed by atoms with Crippen molar-refractivity contribution in [1.82, 2.24) is 4.57 Å². The maximum absolute atomic E-state index is 2.43. The average Bonchev–Trinajstić information content (AvgIpc) is 3.97. The predicted octanol–water partition coefficient (Wildman–Crippen LogP) is 15.3. The molecular weight excluding hydrogens is 701 g/mol. The normalized spacial score (nSPS) is 14.0. The maximum Gasteiger partial charge on any atom is 0.0541 e. The van der Waals surface area contributed by atoms with Crippen molar-refractivity contribution in [1.29, 1.82) is 0 Å². The molecule has 276 valence electrons. The number of anilines is 3. The molecule has 2 heteroatoms. The van der Waals surface area contributed by atoms with Crippen LogP contribution in [-0.2, 0) is 5.41 Å². The van der Waals surface area contributed by atoms with E-state index in [2.05, 4.69) is 230 Å². The third-order valence-electron chi connectivity index (χ3n) is 12.5. The first-order chi connectivity index (χ1) is 28.5. The molecule has 0 fully saturated rings. The van der Waals surface area contributed by atoms with Crippen LogP contribution in [0.5, 0.6) is 0 Å². The van der Waals surface area contributed by atoms with E-state index < -0.39 is 0 Å². The first kappa shape index (κ1) is 34.1. The van der Waals surface area contributed by atoms with Crippen molar-refractivity contribution in [3.8, 4) is 39.1 Å². The number of aromatic nitrogens is 1. The summed E-state index contributed by atoms with van der Waals surface area (Å²) in [6.07, 6.45) is 5.66. The molecule has 0 unspecified atom stereocenters. The van der Waals surface area contributed by atoms with E-state index in [0.29, 0.717) is 0 Å². The Kier molecular flexibility index (Phi) is 7.94. The van der Waals surface area contributed by atoms with Crippen molar-refractivity contribution in [2.75, 3.05) is 4.90 Å². The van der Waals surface area contributed by atoms with Crippen LogP contribution in [-0.4, -0.2) is 4.57 Å². The summed E-state index contributed by atoms with van der Waals surface area (Å²) >= 11 is 0. The summed E-state index contributed by atoms with van der Waals surface area (Å²) in [5.74, 6) is 0. The summed E-state index contributed by atoms with van der Waals surface area (Å²) in [5.41, 5.74) is 20.0. The topological polar surface area (TPSA) is 8.17 Å². The van der Waals surface area contributed by atoms with Gasteiger partial charge >= 0.3 is 0 Å². The van der Waals surface area contributed by atoms with Crippen LogP contribution in [0, 0.1) is 0 Å². The smallest absolute Gasteiger partial charge is 0.0541 e. The van der Waals surface area contributed by atoms with E-state index in [-0.39, 0.29) is 5.41 Å². The van der Waals surface area contributed by atoms with Crippen LogP contribution in [0.4, 0.5) is 17.1 Å². The zero-order valence-corrected chi connectivity index (χ0v) is 32.7. The molecule has 1 heterocycles. The van der Waals surface area contributed by atoms with Crippen molar-refractivity contribution in [2.45, 2.75) is 25.7 Å². The Bertz CT molecular complexity index is 3050. The van der Waals surface area contributed by atoms with Crippen molar-refractivity contribution in [3.63, 3.8) is 0 Å². The zero-order chi connectivity index (χ0) is 38.8. The van der Waals surface area contributed by atoms with Gasteiger partial charge in [-0.3, -0.25) is 0 Å².